The Hall–Kier alpha value is -2.46. The highest BCUT2D eigenvalue weighted by Gasteiger charge is 2.26. The van der Waals surface area contributed by atoms with Gasteiger partial charge in [0.1, 0.15) is 18.8 Å². The molecule has 2 aliphatic rings. The second kappa shape index (κ2) is 10.7. The second-order valence-electron chi connectivity index (χ2n) is 8.47. The number of aliphatic imine (C=N–C) groups is 1. The van der Waals surface area contributed by atoms with Crippen LogP contribution in [-0.2, 0) is 0 Å². The highest BCUT2D eigenvalue weighted by atomic mass is 35.5. The minimum absolute atomic E-state index is 0.104. The lowest BCUT2D eigenvalue weighted by Gasteiger charge is -2.33. The Kier molecular flexibility index (Phi) is 7.38. The van der Waals surface area contributed by atoms with Crippen LogP contribution in [0.5, 0.6) is 11.5 Å². The highest BCUT2D eigenvalue weighted by molar-refractivity contribution is 8.14. The summed E-state index contributed by atoms with van der Waals surface area (Å²) in [6.07, 6.45) is 1.51. The molecule has 0 spiro atoms. The summed E-state index contributed by atoms with van der Waals surface area (Å²) in [5.74, 6) is 2.79. The van der Waals surface area contributed by atoms with Crippen LogP contribution in [0.2, 0.25) is 10.0 Å². The van der Waals surface area contributed by atoms with Gasteiger partial charge in [-0.15, -0.1) is 0 Å². The molecule has 0 bridgehead atoms. The molecule has 2 aliphatic heterocycles. The van der Waals surface area contributed by atoms with Crippen molar-refractivity contribution in [3.05, 3.63) is 46.7 Å². The maximum atomic E-state index is 6.17. The summed E-state index contributed by atoms with van der Waals surface area (Å²) in [6.45, 7) is 4.66. The Balaban J connectivity index is 1.31. The minimum atomic E-state index is 0.104. The number of halogens is 2. The van der Waals surface area contributed by atoms with Crippen LogP contribution in [-0.4, -0.2) is 83.7 Å². The largest absolute Gasteiger partial charge is 0.493 e. The van der Waals surface area contributed by atoms with Crippen molar-refractivity contribution in [2.75, 3.05) is 58.0 Å². The van der Waals surface area contributed by atoms with Crippen LogP contribution >= 0.6 is 35.0 Å². The average Bonchev–Trinajstić information content (AvgIpc) is 3.34. The predicted octanol–water partition coefficient (Wildman–Crippen LogP) is 4.79. The molecule has 1 aromatic heterocycles. The lowest BCUT2D eigenvalue weighted by atomic mass is 10.2. The molecule has 0 radical (unpaired) electrons. The summed E-state index contributed by atoms with van der Waals surface area (Å²) in [5.41, 5.74) is 1.51. The van der Waals surface area contributed by atoms with Gasteiger partial charge in [-0.1, -0.05) is 35.0 Å². The number of hydrogen-bond donors (Lipinski definition) is 1. The van der Waals surface area contributed by atoms with Crippen molar-refractivity contribution in [2.24, 2.45) is 4.99 Å². The summed E-state index contributed by atoms with van der Waals surface area (Å²) < 4.78 is 11.8. The number of aromatic nitrogens is 2. The van der Waals surface area contributed by atoms with E-state index in [0.29, 0.717) is 34.0 Å². The summed E-state index contributed by atoms with van der Waals surface area (Å²) in [4.78, 5) is 18.5. The van der Waals surface area contributed by atoms with Gasteiger partial charge in [-0.3, -0.25) is 4.99 Å². The van der Waals surface area contributed by atoms with Crippen molar-refractivity contribution in [2.45, 2.75) is 6.04 Å². The number of anilines is 2. The van der Waals surface area contributed by atoms with E-state index in [9.17, 15) is 0 Å². The van der Waals surface area contributed by atoms with Gasteiger partial charge in [0.25, 0.3) is 0 Å². The second-order valence-corrected chi connectivity index (χ2v) is 10.3. The fraction of sp³-hybridized carbons (Fsp3) is 0.375. The number of likely N-dealkylation sites (N-methyl/N-ethyl adjacent to an activating group) is 1. The number of amidine groups is 1. The van der Waals surface area contributed by atoms with Crippen LogP contribution in [0.1, 0.15) is 0 Å². The highest BCUT2D eigenvalue weighted by Crippen LogP contribution is 2.36. The number of methoxy groups -OCH3 is 1. The van der Waals surface area contributed by atoms with Gasteiger partial charge in [0.15, 0.2) is 16.7 Å². The van der Waals surface area contributed by atoms with Gasteiger partial charge in [0, 0.05) is 49.1 Å². The van der Waals surface area contributed by atoms with E-state index in [-0.39, 0.29) is 6.04 Å². The smallest absolute Gasteiger partial charge is 0.163 e. The van der Waals surface area contributed by atoms with Crippen LogP contribution in [0, 0.1) is 0 Å². The quantitative estimate of drug-likeness (QED) is 0.485. The van der Waals surface area contributed by atoms with Crippen molar-refractivity contribution in [1.82, 2.24) is 19.8 Å². The molecule has 1 N–H and O–H groups in total. The Morgan fingerprint density at radius 3 is 2.66 bits per heavy atom. The van der Waals surface area contributed by atoms with Gasteiger partial charge in [0.05, 0.1) is 28.7 Å². The average molecular weight is 533 g/mol. The van der Waals surface area contributed by atoms with Crippen LogP contribution in [0.25, 0.3) is 10.9 Å². The molecule has 0 aliphatic carbocycles. The van der Waals surface area contributed by atoms with E-state index in [1.807, 2.05) is 30.0 Å². The zero-order valence-electron chi connectivity index (χ0n) is 19.5. The Bertz CT molecular complexity index is 1250. The monoisotopic (exact) mass is 532 g/mol. The molecule has 0 amide bonds. The van der Waals surface area contributed by atoms with Crippen molar-refractivity contribution < 1.29 is 9.47 Å². The summed E-state index contributed by atoms with van der Waals surface area (Å²) in [5, 5.41) is 6.17. The number of thioether (sulfide) groups is 1. The molecule has 1 unspecified atom stereocenters. The Morgan fingerprint density at radius 1 is 1.06 bits per heavy atom. The number of nitrogens with zero attached hydrogens (tertiary/aromatic N) is 5. The maximum absolute atomic E-state index is 6.17. The van der Waals surface area contributed by atoms with Crippen LogP contribution < -0.4 is 14.8 Å². The summed E-state index contributed by atoms with van der Waals surface area (Å²) >= 11 is 14.0. The zero-order chi connectivity index (χ0) is 24.4. The third-order valence-electron chi connectivity index (χ3n) is 6.01. The normalized spacial score (nSPS) is 18.6. The van der Waals surface area contributed by atoms with Crippen LogP contribution in [0.3, 0.4) is 0 Å². The molecule has 11 heteroatoms. The fourth-order valence-electron chi connectivity index (χ4n) is 3.99. The molecular formula is C24H26Cl2N6O2S. The first-order chi connectivity index (χ1) is 17.0. The first kappa shape index (κ1) is 24.2. The Morgan fingerprint density at radius 2 is 1.89 bits per heavy atom. The molecule has 3 aromatic rings. The van der Waals surface area contributed by atoms with Crippen molar-refractivity contribution in [3.8, 4) is 11.5 Å². The molecule has 35 heavy (non-hydrogen) atoms. The number of benzene rings is 2. The molecule has 1 fully saturated rings. The molecule has 0 saturated carbocycles. The van der Waals surface area contributed by atoms with E-state index in [4.69, 9.17) is 37.7 Å². The molecule has 1 atom stereocenters. The lowest BCUT2D eigenvalue weighted by Crippen LogP contribution is -2.46. The molecule has 8 nitrogen and oxygen atoms in total. The third-order valence-corrected chi connectivity index (χ3v) is 7.92. The molecule has 184 valence electrons. The first-order valence-corrected chi connectivity index (χ1v) is 13.1. The standard InChI is InChI=1S/C24H26Cl2N6O2S/c1-31-5-7-32(8-6-31)24-30-16(13-35-24)12-34-22-11-20-17(10-21(22)33-2)23(28-14-27-20)29-15-3-4-18(25)19(26)9-15/h3-4,9-11,14,16H,5-8,12-13H2,1-2H3,(H,27,28,29). The number of fused-ring (bicyclic) bond motifs is 1. The van der Waals surface area contributed by atoms with Gasteiger partial charge in [-0.05, 0) is 31.3 Å². The molecule has 1 saturated heterocycles. The van der Waals surface area contributed by atoms with E-state index in [1.165, 1.54) is 6.33 Å². The van der Waals surface area contributed by atoms with Crippen molar-refractivity contribution >= 4 is 62.5 Å². The van der Waals surface area contributed by atoms with Crippen molar-refractivity contribution in [1.29, 1.82) is 0 Å². The predicted molar refractivity (Wildman–Crippen MR) is 144 cm³/mol. The minimum Gasteiger partial charge on any atom is -0.493 e. The van der Waals surface area contributed by atoms with Gasteiger partial charge in [-0.25, -0.2) is 9.97 Å². The van der Waals surface area contributed by atoms with Gasteiger partial charge in [0.2, 0.25) is 0 Å². The van der Waals surface area contributed by atoms with Gasteiger partial charge in [-0.2, -0.15) is 0 Å². The van der Waals surface area contributed by atoms with Gasteiger partial charge >= 0.3 is 0 Å². The number of nitrogens with one attached hydrogen (secondary N) is 1. The first-order valence-electron chi connectivity index (χ1n) is 11.3. The van der Waals surface area contributed by atoms with E-state index in [2.05, 4.69) is 32.1 Å². The zero-order valence-corrected chi connectivity index (χ0v) is 21.8. The number of hydrogen-bond acceptors (Lipinski definition) is 9. The lowest BCUT2D eigenvalue weighted by molar-refractivity contribution is 0.217. The topological polar surface area (TPSA) is 75.1 Å². The fourth-order valence-corrected chi connectivity index (χ4v) is 5.39. The molecule has 3 heterocycles. The molecular weight excluding hydrogens is 507 g/mol. The molecule has 2 aromatic carbocycles. The summed E-state index contributed by atoms with van der Waals surface area (Å²) in [6, 6.07) is 9.19. The molecule has 5 rings (SSSR count). The Labute approximate surface area is 218 Å². The van der Waals surface area contributed by atoms with E-state index >= 15 is 0 Å². The van der Waals surface area contributed by atoms with Crippen LogP contribution in [0.4, 0.5) is 11.5 Å². The van der Waals surface area contributed by atoms with Gasteiger partial charge < -0.3 is 24.6 Å². The SMILES string of the molecule is COc1cc2c(Nc3ccc(Cl)c(Cl)c3)ncnc2cc1OCC1CSC(N2CCN(C)CC2)=N1. The van der Waals surface area contributed by atoms with E-state index in [0.717, 1.165) is 53.7 Å². The van der Waals surface area contributed by atoms with E-state index in [1.54, 1.807) is 19.2 Å². The van der Waals surface area contributed by atoms with Crippen LogP contribution in [0.15, 0.2) is 41.7 Å². The van der Waals surface area contributed by atoms with Crippen molar-refractivity contribution in [3.63, 3.8) is 0 Å². The number of rotatable bonds is 6. The number of piperazine rings is 1. The maximum Gasteiger partial charge on any atom is 0.163 e. The summed E-state index contributed by atoms with van der Waals surface area (Å²) in [7, 11) is 3.78. The van der Waals surface area contributed by atoms with E-state index < -0.39 is 0 Å². The third kappa shape index (κ3) is 5.53. The number of ether oxygens (including phenoxy) is 2.